The molecule has 2 N–H and O–H groups in total. The minimum Gasteiger partial charge on any atom is -0.362 e. The van der Waals surface area contributed by atoms with Crippen LogP contribution in [0.25, 0.3) is 0 Å². The first-order valence-electron chi connectivity index (χ1n) is 2.55. The molecule has 2 radical (unpaired) electrons. The average molecular weight is 108 g/mol. The lowest BCUT2D eigenvalue weighted by molar-refractivity contribution is 0.569. The maximum Gasteiger partial charge on any atom is 0.100 e. The summed E-state index contributed by atoms with van der Waals surface area (Å²) in [7, 11) is 0. The molecule has 42 valence electrons. The highest BCUT2D eigenvalue weighted by molar-refractivity contribution is 4.84. The van der Waals surface area contributed by atoms with Crippen molar-refractivity contribution in [1.29, 1.82) is 0 Å². The predicted molar refractivity (Wildman–Crippen MR) is 31.4 cm³/mol. The molecule has 0 aromatic rings. The molecule has 1 heterocycles. The lowest BCUT2D eigenvalue weighted by atomic mass is 10.3. The van der Waals surface area contributed by atoms with E-state index in [-0.39, 0.29) is 6.17 Å². The Bertz CT molecular complexity index is 99.1. The number of hydrogen-bond acceptors (Lipinski definition) is 2. The van der Waals surface area contributed by atoms with Crippen LogP contribution in [0.1, 0.15) is 6.42 Å². The third kappa shape index (κ3) is 1.03. The van der Waals surface area contributed by atoms with Crippen molar-refractivity contribution in [2.75, 3.05) is 0 Å². The van der Waals surface area contributed by atoms with Gasteiger partial charge in [0.2, 0.25) is 0 Å². The van der Waals surface area contributed by atoms with E-state index in [2.05, 4.69) is 29.6 Å². The van der Waals surface area contributed by atoms with Crippen molar-refractivity contribution in [1.82, 2.24) is 10.6 Å². The molecule has 0 aromatic carbocycles. The summed E-state index contributed by atoms with van der Waals surface area (Å²) in [5, 5.41) is 5.83. The maximum atomic E-state index is 3.59. The van der Waals surface area contributed by atoms with Gasteiger partial charge in [-0.3, -0.25) is 0 Å². The number of nitrogens with one attached hydrogen (secondary N) is 2. The molecule has 1 aliphatic rings. The van der Waals surface area contributed by atoms with Gasteiger partial charge in [0, 0.05) is 6.42 Å². The van der Waals surface area contributed by atoms with Crippen LogP contribution in [0.15, 0.2) is 12.7 Å². The lowest BCUT2D eigenvalue weighted by Crippen LogP contribution is -2.29. The van der Waals surface area contributed by atoms with Gasteiger partial charge in [0.05, 0.1) is 12.4 Å². The number of hydrogen-bond donors (Lipinski definition) is 2. The van der Waals surface area contributed by atoms with Gasteiger partial charge in [0.25, 0.3) is 0 Å². The standard InChI is InChI=1S/C6H8N2/c1-2-3-6-7-4-5-8-6/h2,6-8H,1,3H2. The van der Waals surface area contributed by atoms with Crippen LogP contribution in [-0.4, -0.2) is 6.17 Å². The van der Waals surface area contributed by atoms with Crippen LogP contribution >= 0.6 is 0 Å². The zero-order valence-electron chi connectivity index (χ0n) is 4.57. The monoisotopic (exact) mass is 108 g/mol. The Morgan fingerprint density at radius 3 is 2.62 bits per heavy atom. The molecule has 0 bridgehead atoms. The second kappa shape index (κ2) is 2.40. The largest absolute Gasteiger partial charge is 0.362 e. The predicted octanol–water partition coefficient (Wildman–Crippen LogP) is 0.159. The van der Waals surface area contributed by atoms with Gasteiger partial charge in [-0.2, -0.15) is 0 Å². The van der Waals surface area contributed by atoms with E-state index in [1.807, 2.05) is 6.08 Å². The quantitative estimate of drug-likeness (QED) is 0.492. The fourth-order valence-electron chi connectivity index (χ4n) is 0.567. The van der Waals surface area contributed by atoms with Gasteiger partial charge < -0.3 is 10.6 Å². The molecule has 0 aromatic heterocycles. The van der Waals surface area contributed by atoms with Crippen LogP contribution in [0.5, 0.6) is 0 Å². The molecular weight excluding hydrogens is 100 g/mol. The van der Waals surface area contributed by atoms with Crippen molar-refractivity contribution in [2.24, 2.45) is 0 Å². The first-order valence-corrected chi connectivity index (χ1v) is 2.55. The summed E-state index contributed by atoms with van der Waals surface area (Å²) in [5.74, 6) is 0. The molecule has 2 nitrogen and oxygen atoms in total. The van der Waals surface area contributed by atoms with E-state index in [4.69, 9.17) is 0 Å². The van der Waals surface area contributed by atoms with E-state index >= 15 is 0 Å². The van der Waals surface area contributed by atoms with E-state index in [9.17, 15) is 0 Å². The first kappa shape index (κ1) is 5.22. The van der Waals surface area contributed by atoms with Gasteiger partial charge in [-0.1, -0.05) is 6.08 Å². The van der Waals surface area contributed by atoms with Crippen LogP contribution in [0.2, 0.25) is 0 Å². The molecule has 0 atom stereocenters. The van der Waals surface area contributed by atoms with Crippen molar-refractivity contribution >= 4 is 0 Å². The third-order valence-electron chi connectivity index (χ3n) is 0.958. The van der Waals surface area contributed by atoms with Gasteiger partial charge >= 0.3 is 0 Å². The van der Waals surface area contributed by atoms with Crippen LogP contribution in [0.4, 0.5) is 0 Å². The van der Waals surface area contributed by atoms with Crippen molar-refractivity contribution in [3.8, 4) is 0 Å². The second-order valence-electron chi connectivity index (χ2n) is 1.62. The summed E-state index contributed by atoms with van der Waals surface area (Å²) in [6.45, 7) is 3.59. The van der Waals surface area contributed by atoms with Crippen LogP contribution in [0, 0.1) is 12.4 Å². The molecular formula is C6H8N2. The van der Waals surface area contributed by atoms with Gasteiger partial charge in [0.15, 0.2) is 0 Å². The molecule has 0 aliphatic carbocycles. The van der Waals surface area contributed by atoms with Crippen molar-refractivity contribution in [2.45, 2.75) is 12.6 Å². The molecule has 0 amide bonds. The highest BCUT2D eigenvalue weighted by Crippen LogP contribution is 1.90. The molecule has 0 unspecified atom stereocenters. The Kier molecular flexibility index (Phi) is 1.57. The average Bonchev–Trinajstić information content (AvgIpc) is 2.19. The van der Waals surface area contributed by atoms with Gasteiger partial charge in [-0.25, -0.2) is 0 Å². The fourth-order valence-corrected chi connectivity index (χ4v) is 0.567. The normalized spacial score (nSPS) is 17.5. The summed E-state index contributed by atoms with van der Waals surface area (Å²) >= 11 is 0. The highest BCUT2D eigenvalue weighted by atomic mass is 15.1. The smallest absolute Gasteiger partial charge is 0.100 e. The van der Waals surface area contributed by atoms with Gasteiger partial charge in [-0.05, 0) is 0 Å². The Balaban J connectivity index is 2.19. The van der Waals surface area contributed by atoms with Crippen LogP contribution < -0.4 is 10.6 Å². The molecule has 1 aliphatic heterocycles. The summed E-state index contributed by atoms with van der Waals surface area (Å²) in [5.41, 5.74) is 0. The van der Waals surface area contributed by atoms with Gasteiger partial charge in [-0.15, -0.1) is 6.58 Å². The SMILES string of the molecule is C=CCC1N[C]=[C]N1. The summed E-state index contributed by atoms with van der Waals surface area (Å²) in [6.07, 6.45) is 8.42. The molecule has 0 saturated carbocycles. The minimum atomic E-state index is 0.271. The van der Waals surface area contributed by atoms with Crippen LogP contribution in [-0.2, 0) is 0 Å². The van der Waals surface area contributed by atoms with Crippen molar-refractivity contribution < 1.29 is 0 Å². The van der Waals surface area contributed by atoms with E-state index in [0.29, 0.717) is 0 Å². The lowest BCUT2D eigenvalue weighted by Gasteiger charge is -2.06. The molecule has 0 saturated heterocycles. The molecule has 0 fully saturated rings. The molecule has 2 heteroatoms. The minimum absolute atomic E-state index is 0.271. The Hall–Kier alpha value is -0.920. The van der Waals surface area contributed by atoms with Gasteiger partial charge in [0.1, 0.15) is 6.17 Å². The van der Waals surface area contributed by atoms with E-state index < -0.39 is 0 Å². The Labute approximate surface area is 49.3 Å². The van der Waals surface area contributed by atoms with Crippen molar-refractivity contribution in [3.05, 3.63) is 25.1 Å². The first-order chi connectivity index (χ1) is 3.93. The topological polar surface area (TPSA) is 24.1 Å². The molecule has 8 heavy (non-hydrogen) atoms. The van der Waals surface area contributed by atoms with Crippen LogP contribution in [0.3, 0.4) is 0 Å². The number of rotatable bonds is 2. The van der Waals surface area contributed by atoms with E-state index in [1.54, 1.807) is 0 Å². The fraction of sp³-hybridized carbons (Fsp3) is 0.333. The second-order valence-corrected chi connectivity index (χ2v) is 1.62. The molecule has 0 spiro atoms. The van der Waals surface area contributed by atoms with E-state index in [0.717, 1.165) is 6.42 Å². The maximum absolute atomic E-state index is 3.59. The highest BCUT2D eigenvalue weighted by Gasteiger charge is 2.03. The summed E-state index contributed by atoms with van der Waals surface area (Å²) in [4.78, 5) is 0. The molecule has 1 rings (SSSR count). The van der Waals surface area contributed by atoms with E-state index in [1.165, 1.54) is 0 Å². The zero-order valence-corrected chi connectivity index (χ0v) is 4.57. The van der Waals surface area contributed by atoms with Crippen molar-refractivity contribution in [3.63, 3.8) is 0 Å². The Morgan fingerprint density at radius 2 is 2.12 bits per heavy atom. The zero-order chi connectivity index (χ0) is 5.82. The summed E-state index contributed by atoms with van der Waals surface area (Å²) < 4.78 is 0. The third-order valence-corrected chi connectivity index (χ3v) is 0.958. The summed E-state index contributed by atoms with van der Waals surface area (Å²) in [6, 6.07) is 0. The Morgan fingerprint density at radius 1 is 1.50 bits per heavy atom.